The summed E-state index contributed by atoms with van der Waals surface area (Å²) in [6.45, 7) is 3.80. The van der Waals surface area contributed by atoms with E-state index in [0.29, 0.717) is 6.04 Å². The maximum atomic E-state index is 5.63. The van der Waals surface area contributed by atoms with E-state index >= 15 is 0 Å². The lowest BCUT2D eigenvalue weighted by Gasteiger charge is -2.28. The van der Waals surface area contributed by atoms with Crippen molar-refractivity contribution in [1.29, 1.82) is 0 Å². The second-order valence-electron chi connectivity index (χ2n) is 4.78. The van der Waals surface area contributed by atoms with Crippen molar-refractivity contribution in [3.63, 3.8) is 0 Å². The lowest BCUT2D eigenvalue weighted by Crippen LogP contribution is -2.30. The fraction of sp³-hybridized carbons (Fsp3) is 0.571. The Labute approximate surface area is 104 Å². The number of ether oxygens (including phenoxy) is 1. The minimum Gasteiger partial charge on any atom is -0.493 e. The molecule has 0 fully saturated rings. The Bertz CT molecular complexity index is 378. The van der Waals surface area contributed by atoms with E-state index in [4.69, 9.17) is 10.5 Å². The van der Waals surface area contributed by atoms with Crippen LogP contribution < -0.4 is 15.4 Å². The molecule has 2 rings (SSSR count). The molecule has 3 heteroatoms. The van der Waals surface area contributed by atoms with Gasteiger partial charge in [-0.05, 0) is 56.5 Å². The Morgan fingerprint density at radius 2 is 2.29 bits per heavy atom. The predicted octanol–water partition coefficient (Wildman–Crippen LogP) is 2.19. The first-order valence-electron chi connectivity index (χ1n) is 6.41. The summed E-state index contributed by atoms with van der Waals surface area (Å²) >= 11 is 0. The van der Waals surface area contributed by atoms with E-state index < -0.39 is 0 Å². The average Bonchev–Trinajstić information content (AvgIpc) is 2.37. The third kappa shape index (κ3) is 2.72. The number of nitrogens with zero attached hydrogens (tertiary/aromatic N) is 1. The third-order valence-electron chi connectivity index (χ3n) is 3.54. The largest absolute Gasteiger partial charge is 0.493 e. The molecule has 0 aliphatic carbocycles. The van der Waals surface area contributed by atoms with Crippen LogP contribution in [0, 0.1) is 0 Å². The molecule has 1 aromatic rings. The van der Waals surface area contributed by atoms with Crippen molar-refractivity contribution in [2.24, 2.45) is 5.73 Å². The molecule has 1 atom stereocenters. The van der Waals surface area contributed by atoms with Gasteiger partial charge in [0.2, 0.25) is 0 Å². The molecule has 0 aromatic heterocycles. The number of rotatable bonds is 4. The summed E-state index contributed by atoms with van der Waals surface area (Å²) in [6.07, 6.45) is 3.27. The van der Waals surface area contributed by atoms with E-state index in [1.54, 1.807) is 0 Å². The Balaban J connectivity index is 2.15. The van der Waals surface area contributed by atoms with Gasteiger partial charge < -0.3 is 15.4 Å². The van der Waals surface area contributed by atoms with E-state index in [0.717, 1.165) is 38.2 Å². The zero-order valence-electron chi connectivity index (χ0n) is 10.8. The zero-order valence-corrected chi connectivity index (χ0v) is 10.8. The van der Waals surface area contributed by atoms with Gasteiger partial charge in [-0.1, -0.05) is 0 Å². The van der Waals surface area contributed by atoms with Crippen molar-refractivity contribution < 1.29 is 4.74 Å². The highest BCUT2D eigenvalue weighted by Crippen LogP contribution is 2.29. The molecule has 94 valence electrons. The van der Waals surface area contributed by atoms with E-state index in [-0.39, 0.29) is 0 Å². The topological polar surface area (TPSA) is 38.5 Å². The molecule has 1 aliphatic heterocycles. The molecule has 3 nitrogen and oxygen atoms in total. The summed E-state index contributed by atoms with van der Waals surface area (Å²) in [5.41, 5.74) is 8.20. The molecule has 0 radical (unpaired) electrons. The first kappa shape index (κ1) is 12.2. The Kier molecular flexibility index (Phi) is 3.89. The van der Waals surface area contributed by atoms with Gasteiger partial charge in [0.05, 0.1) is 6.61 Å². The van der Waals surface area contributed by atoms with E-state index in [2.05, 4.69) is 37.1 Å². The van der Waals surface area contributed by atoms with Crippen LogP contribution in [-0.2, 0) is 6.42 Å². The van der Waals surface area contributed by atoms with Crippen LogP contribution in [0.15, 0.2) is 18.2 Å². The highest BCUT2D eigenvalue weighted by molar-refractivity contribution is 5.53. The molecule has 0 amide bonds. The third-order valence-corrected chi connectivity index (χ3v) is 3.54. The second-order valence-corrected chi connectivity index (χ2v) is 4.78. The van der Waals surface area contributed by atoms with Gasteiger partial charge in [-0.25, -0.2) is 0 Å². The minimum absolute atomic E-state index is 0.475. The molecule has 1 heterocycles. The van der Waals surface area contributed by atoms with Crippen molar-refractivity contribution in [3.8, 4) is 5.75 Å². The fourth-order valence-corrected chi connectivity index (χ4v) is 2.26. The van der Waals surface area contributed by atoms with Crippen LogP contribution in [0.4, 0.5) is 5.69 Å². The van der Waals surface area contributed by atoms with Gasteiger partial charge in [0.15, 0.2) is 0 Å². The van der Waals surface area contributed by atoms with Crippen molar-refractivity contribution in [2.45, 2.75) is 32.2 Å². The molecule has 1 unspecified atom stereocenters. The molecule has 1 aromatic carbocycles. The van der Waals surface area contributed by atoms with Gasteiger partial charge in [-0.15, -0.1) is 0 Å². The summed E-state index contributed by atoms with van der Waals surface area (Å²) in [4.78, 5) is 2.29. The van der Waals surface area contributed by atoms with Gasteiger partial charge in [-0.2, -0.15) is 0 Å². The number of fused-ring (bicyclic) bond motifs is 1. The summed E-state index contributed by atoms with van der Waals surface area (Å²) in [5, 5.41) is 0. The Hall–Kier alpha value is -1.22. The monoisotopic (exact) mass is 234 g/mol. The van der Waals surface area contributed by atoms with E-state index in [1.165, 1.54) is 11.3 Å². The summed E-state index contributed by atoms with van der Waals surface area (Å²) < 4.78 is 5.63. The van der Waals surface area contributed by atoms with Crippen LogP contribution in [0.5, 0.6) is 5.75 Å². The second kappa shape index (κ2) is 5.41. The van der Waals surface area contributed by atoms with Gasteiger partial charge in [0.1, 0.15) is 5.75 Å². The molecule has 0 saturated heterocycles. The maximum absolute atomic E-state index is 5.63. The number of hydrogen-bond acceptors (Lipinski definition) is 3. The van der Waals surface area contributed by atoms with Crippen LogP contribution in [0.25, 0.3) is 0 Å². The molecule has 0 saturated carbocycles. The first-order valence-corrected chi connectivity index (χ1v) is 6.41. The van der Waals surface area contributed by atoms with Crippen molar-refractivity contribution in [2.75, 3.05) is 25.1 Å². The Morgan fingerprint density at radius 1 is 1.47 bits per heavy atom. The van der Waals surface area contributed by atoms with E-state index in [1.807, 2.05) is 0 Å². The SMILES string of the molecule is CC(CCN)N(C)c1ccc2c(c1)CCCO2. The van der Waals surface area contributed by atoms with Gasteiger partial charge in [0.25, 0.3) is 0 Å². The number of benzene rings is 1. The van der Waals surface area contributed by atoms with Crippen LogP contribution in [0.2, 0.25) is 0 Å². The van der Waals surface area contributed by atoms with E-state index in [9.17, 15) is 0 Å². The zero-order chi connectivity index (χ0) is 12.3. The molecule has 0 bridgehead atoms. The first-order chi connectivity index (χ1) is 8.22. The predicted molar refractivity (Wildman–Crippen MR) is 71.8 cm³/mol. The smallest absolute Gasteiger partial charge is 0.122 e. The van der Waals surface area contributed by atoms with Crippen LogP contribution >= 0.6 is 0 Å². The molecule has 2 N–H and O–H groups in total. The lowest BCUT2D eigenvalue weighted by atomic mass is 10.0. The number of hydrogen-bond donors (Lipinski definition) is 1. The molecule has 1 aliphatic rings. The molecule has 17 heavy (non-hydrogen) atoms. The van der Waals surface area contributed by atoms with Crippen molar-refractivity contribution in [1.82, 2.24) is 0 Å². The summed E-state index contributed by atoms with van der Waals surface area (Å²) in [6, 6.07) is 6.95. The average molecular weight is 234 g/mol. The molecular formula is C14H22N2O. The van der Waals surface area contributed by atoms with Crippen molar-refractivity contribution in [3.05, 3.63) is 23.8 Å². The summed E-state index contributed by atoms with van der Waals surface area (Å²) in [7, 11) is 2.13. The summed E-state index contributed by atoms with van der Waals surface area (Å²) in [5.74, 6) is 1.06. The normalized spacial score (nSPS) is 15.9. The quantitative estimate of drug-likeness (QED) is 0.868. The highest BCUT2D eigenvalue weighted by atomic mass is 16.5. The van der Waals surface area contributed by atoms with Crippen molar-refractivity contribution >= 4 is 5.69 Å². The Morgan fingerprint density at radius 3 is 3.06 bits per heavy atom. The van der Waals surface area contributed by atoms with Crippen LogP contribution in [0.3, 0.4) is 0 Å². The molecule has 0 spiro atoms. The number of nitrogens with two attached hydrogens (primary N) is 1. The maximum Gasteiger partial charge on any atom is 0.122 e. The highest BCUT2D eigenvalue weighted by Gasteiger charge is 2.14. The standard InChI is InChI=1S/C14H22N2O/c1-11(7-8-15)16(2)13-5-6-14-12(10-13)4-3-9-17-14/h5-6,10-11H,3-4,7-9,15H2,1-2H3. The number of anilines is 1. The van der Waals surface area contributed by atoms with Gasteiger partial charge in [0, 0.05) is 18.8 Å². The van der Waals surface area contributed by atoms with Gasteiger partial charge in [-0.3, -0.25) is 0 Å². The van der Waals surface area contributed by atoms with Crippen LogP contribution in [-0.4, -0.2) is 26.2 Å². The van der Waals surface area contributed by atoms with Crippen LogP contribution in [0.1, 0.15) is 25.3 Å². The fourth-order valence-electron chi connectivity index (χ4n) is 2.26. The number of aryl methyl sites for hydroxylation is 1. The minimum atomic E-state index is 0.475. The molecular weight excluding hydrogens is 212 g/mol. The van der Waals surface area contributed by atoms with Gasteiger partial charge >= 0.3 is 0 Å². The lowest BCUT2D eigenvalue weighted by molar-refractivity contribution is 0.288.